The summed E-state index contributed by atoms with van der Waals surface area (Å²) in [5, 5.41) is 2.67. The third-order valence-corrected chi connectivity index (χ3v) is 7.03. The van der Waals surface area contributed by atoms with E-state index in [9.17, 15) is 18.0 Å². The van der Waals surface area contributed by atoms with Gasteiger partial charge in [-0.2, -0.15) is 0 Å². The zero-order chi connectivity index (χ0) is 26.3. The number of benzene rings is 3. The predicted octanol–water partition coefficient (Wildman–Crippen LogP) is 3.46. The first-order chi connectivity index (χ1) is 17.1. The number of nitrogens with zero attached hydrogens (tertiary/aromatic N) is 2. The number of carbonyl (C=O) groups is 2. The van der Waals surface area contributed by atoms with Crippen LogP contribution >= 0.6 is 0 Å². The van der Waals surface area contributed by atoms with Crippen LogP contribution < -0.4 is 9.62 Å². The monoisotopic (exact) mass is 507 g/mol. The molecule has 1 unspecified atom stereocenters. The molecule has 0 spiro atoms. The molecule has 0 aromatic heterocycles. The number of likely N-dealkylation sites (N-methyl/N-ethyl adjacent to an activating group) is 1. The molecule has 1 N–H and O–H groups in total. The van der Waals surface area contributed by atoms with Gasteiger partial charge in [0.25, 0.3) is 0 Å². The van der Waals surface area contributed by atoms with Crippen molar-refractivity contribution in [1.82, 2.24) is 10.2 Å². The normalized spacial score (nSPS) is 12.0. The molecule has 0 aliphatic heterocycles. The summed E-state index contributed by atoms with van der Waals surface area (Å²) in [7, 11) is -2.25. The molecule has 0 bridgehead atoms. The smallest absolute Gasteiger partial charge is 0.244 e. The molecule has 36 heavy (non-hydrogen) atoms. The number of hydrogen-bond acceptors (Lipinski definition) is 4. The van der Waals surface area contributed by atoms with Gasteiger partial charge in [0.05, 0.1) is 11.9 Å². The molecular formula is C28H33N3O4S. The van der Waals surface area contributed by atoms with Crippen molar-refractivity contribution in [1.29, 1.82) is 0 Å². The lowest BCUT2D eigenvalue weighted by Gasteiger charge is -2.33. The van der Waals surface area contributed by atoms with Crippen LogP contribution in [0.4, 0.5) is 5.69 Å². The number of amides is 2. The van der Waals surface area contributed by atoms with Crippen LogP contribution in [0.1, 0.15) is 22.3 Å². The SMILES string of the molecule is CNC(=O)C(Cc1ccccc1)N(Cc1ccccc1)C(=O)CN(c1cc(C)cc(C)c1)S(C)(=O)=O. The van der Waals surface area contributed by atoms with Crippen molar-refractivity contribution < 1.29 is 18.0 Å². The van der Waals surface area contributed by atoms with Crippen molar-refractivity contribution in [3.63, 3.8) is 0 Å². The predicted molar refractivity (Wildman–Crippen MR) is 143 cm³/mol. The summed E-state index contributed by atoms with van der Waals surface area (Å²) in [4.78, 5) is 28.4. The van der Waals surface area contributed by atoms with Gasteiger partial charge >= 0.3 is 0 Å². The fourth-order valence-corrected chi connectivity index (χ4v) is 5.04. The number of rotatable bonds is 10. The molecule has 0 saturated carbocycles. The molecule has 8 heteroatoms. The minimum absolute atomic E-state index is 0.162. The van der Waals surface area contributed by atoms with Gasteiger partial charge in [-0.15, -0.1) is 0 Å². The molecule has 0 aliphatic carbocycles. The first-order valence-corrected chi connectivity index (χ1v) is 13.6. The van der Waals surface area contributed by atoms with E-state index in [1.807, 2.05) is 80.6 Å². The molecule has 0 heterocycles. The Morgan fingerprint density at radius 3 is 1.89 bits per heavy atom. The highest BCUT2D eigenvalue weighted by molar-refractivity contribution is 7.92. The standard InChI is InChI=1S/C28H33N3O4S/c1-21-15-22(2)17-25(16-21)31(36(4,34)35)20-27(32)30(19-24-13-9-6-10-14-24)26(28(33)29-3)18-23-11-7-5-8-12-23/h5-17,26H,18-20H2,1-4H3,(H,29,33). The van der Waals surface area contributed by atoms with Crippen LogP contribution in [0.15, 0.2) is 78.9 Å². The first kappa shape index (κ1) is 26.9. The summed E-state index contributed by atoms with van der Waals surface area (Å²) < 4.78 is 26.7. The van der Waals surface area contributed by atoms with E-state index in [1.54, 1.807) is 12.1 Å². The Kier molecular flexibility index (Phi) is 8.88. The van der Waals surface area contributed by atoms with Gasteiger partial charge in [0.1, 0.15) is 12.6 Å². The minimum atomic E-state index is -3.78. The molecule has 190 valence electrons. The van der Waals surface area contributed by atoms with Gasteiger partial charge in [-0.3, -0.25) is 13.9 Å². The van der Waals surface area contributed by atoms with Crippen LogP contribution in [0, 0.1) is 13.8 Å². The second-order valence-electron chi connectivity index (χ2n) is 8.94. The Hall–Kier alpha value is -3.65. The van der Waals surface area contributed by atoms with E-state index in [-0.39, 0.29) is 12.5 Å². The van der Waals surface area contributed by atoms with Gasteiger partial charge in [0.15, 0.2) is 0 Å². The van der Waals surface area contributed by atoms with Crippen LogP contribution in [0.25, 0.3) is 0 Å². The van der Waals surface area contributed by atoms with Crippen LogP contribution in [-0.4, -0.2) is 51.0 Å². The maximum Gasteiger partial charge on any atom is 0.244 e. The molecule has 3 rings (SSSR count). The van der Waals surface area contributed by atoms with Crippen molar-refractivity contribution in [2.45, 2.75) is 32.9 Å². The Labute approximate surface area is 213 Å². The summed E-state index contributed by atoms with van der Waals surface area (Å²) in [6.45, 7) is 3.50. The lowest BCUT2D eigenvalue weighted by Crippen LogP contribution is -2.52. The molecule has 1 atom stereocenters. The maximum atomic E-state index is 13.8. The van der Waals surface area contributed by atoms with E-state index < -0.39 is 28.5 Å². The zero-order valence-electron chi connectivity index (χ0n) is 21.1. The van der Waals surface area contributed by atoms with E-state index in [0.29, 0.717) is 12.1 Å². The molecule has 0 aliphatic rings. The molecule has 2 amide bonds. The number of carbonyl (C=O) groups excluding carboxylic acids is 2. The third-order valence-electron chi connectivity index (χ3n) is 5.89. The summed E-state index contributed by atoms with van der Waals surface area (Å²) in [5.74, 6) is -0.784. The minimum Gasteiger partial charge on any atom is -0.357 e. The van der Waals surface area contributed by atoms with Crippen LogP contribution in [0.3, 0.4) is 0 Å². The van der Waals surface area contributed by atoms with Gasteiger partial charge in [0.2, 0.25) is 21.8 Å². The van der Waals surface area contributed by atoms with E-state index in [2.05, 4.69) is 5.32 Å². The van der Waals surface area contributed by atoms with E-state index in [0.717, 1.165) is 32.8 Å². The van der Waals surface area contributed by atoms with Gasteiger partial charge in [0, 0.05) is 20.0 Å². The first-order valence-electron chi connectivity index (χ1n) is 11.7. The Bertz CT molecular complexity index is 1270. The second kappa shape index (κ2) is 11.9. The molecule has 0 fully saturated rings. The molecule has 0 saturated heterocycles. The topological polar surface area (TPSA) is 86.8 Å². The fraction of sp³-hybridized carbons (Fsp3) is 0.286. The summed E-state index contributed by atoms with van der Waals surface area (Å²) in [6.07, 6.45) is 1.38. The highest BCUT2D eigenvalue weighted by Gasteiger charge is 2.32. The molecule has 0 radical (unpaired) electrons. The van der Waals surface area contributed by atoms with Crippen LogP contribution in [0.2, 0.25) is 0 Å². The maximum absolute atomic E-state index is 13.8. The Morgan fingerprint density at radius 2 is 1.39 bits per heavy atom. The average Bonchev–Trinajstić information content (AvgIpc) is 2.84. The highest BCUT2D eigenvalue weighted by atomic mass is 32.2. The van der Waals surface area contributed by atoms with Crippen molar-refractivity contribution in [3.05, 3.63) is 101 Å². The lowest BCUT2D eigenvalue weighted by molar-refractivity contribution is -0.139. The number of nitrogens with one attached hydrogen (secondary N) is 1. The largest absolute Gasteiger partial charge is 0.357 e. The summed E-state index contributed by atoms with van der Waals surface area (Å²) in [5.41, 5.74) is 3.93. The third kappa shape index (κ3) is 7.18. The Morgan fingerprint density at radius 1 is 0.861 bits per heavy atom. The summed E-state index contributed by atoms with van der Waals surface area (Å²) >= 11 is 0. The van der Waals surface area contributed by atoms with E-state index in [1.165, 1.54) is 11.9 Å². The van der Waals surface area contributed by atoms with Crippen LogP contribution in [0.5, 0.6) is 0 Å². The van der Waals surface area contributed by atoms with E-state index in [4.69, 9.17) is 0 Å². The van der Waals surface area contributed by atoms with Gasteiger partial charge < -0.3 is 10.2 Å². The fourth-order valence-electron chi connectivity index (χ4n) is 4.21. The lowest BCUT2D eigenvalue weighted by atomic mass is 10.0. The summed E-state index contributed by atoms with van der Waals surface area (Å²) in [6, 6.07) is 23.4. The Balaban J connectivity index is 2.02. The van der Waals surface area contributed by atoms with Gasteiger partial charge in [-0.1, -0.05) is 66.7 Å². The zero-order valence-corrected chi connectivity index (χ0v) is 22.0. The molecule has 3 aromatic rings. The molecular weight excluding hydrogens is 474 g/mol. The quantitative estimate of drug-likeness (QED) is 0.455. The number of hydrogen-bond donors (Lipinski definition) is 1. The number of aryl methyl sites for hydroxylation is 2. The molecule has 3 aromatic carbocycles. The number of sulfonamides is 1. The van der Waals surface area contributed by atoms with Gasteiger partial charge in [-0.05, 0) is 48.2 Å². The van der Waals surface area contributed by atoms with Gasteiger partial charge in [-0.25, -0.2) is 8.42 Å². The number of anilines is 1. The van der Waals surface area contributed by atoms with E-state index >= 15 is 0 Å². The highest BCUT2D eigenvalue weighted by Crippen LogP contribution is 2.23. The van der Waals surface area contributed by atoms with Crippen molar-refractivity contribution in [2.75, 3.05) is 24.2 Å². The van der Waals surface area contributed by atoms with Crippen molar-refractivity contribution >= 4 is 27.5 Å². The van der Waals surface area contributed by atoms with Crippen molar-refractivity contribution in [3.8, 4) is 0 Å². The van der Waals surface area contributed by atoms with Crippen molar-refractivity contribution in [2.24, 2.45) is 0 Å². The van der Waals surface area contributed by atoms with Crippen LogP contribution in [-0.2, 0) is 32.6 Å². The second-order valence-corrected chi connectivity index (χ2v) is 10.8. The molecule has 7 nitrogen and oxygen atoms in total. The average molecular weight is 508 g/mol.